The number of halogens is 2. The van der Waals surface area contributed by atoms with Gasteiger partial charge in [0.1, 0.15) is 0 Å². The van der Waals surface area contributed by atoms with E-state index in [9.17, 15) is 8.42 Å². The fourth-order valence-electron chi connectivity index (χ4n) is 4.54. The number of piperidine rings is 2. The van der Waals surface area contributed by atoms with E-state index in [1.165, 1.54) is 6.42 Å². The number of hydrogen-bond acceptors (Lipinski definition) is 6. The normalized spacial score (nSPS) is 23.2. The summed E-state index contributed by atoms with van der Waals surface area (Å²) in [6.07, 6.45) is 10.3. The van der Waals surface area contributed by atoms with Crippen LogP contribution in [-0.4, -0.2) is 71.3 Å². The minimum atomic E-state index is -3.01. The van der Waals surface area contributed by atoms with Gasteiger partial charge in [0, 0.05) is 36.7 Å². The van der Waals surface area contributed by atoms with Gasteiger partial charge in [0.05, 0.1) is 29.3 Å². The van der Waals surface area contributed by atoms with E-state index >= 15 is 0 Å². The molecule has 0 N–H and O–H groups in total. The Hall–Kier alpha value is -0.230. The van der Waals surface area contributed by atoms with Crippen molar-refractivity contribution in [1.29, 1.82) is 0 Å². The van der Waals surface area contributed by atoms with Crippen LogP contribution in [0, 0.1) is 11.8 Å². The monoisotopic (exact) mass is 582 g/mol. The second-order valence-corrected chi connectivity index (χ2v) is 13.5. The summed E-state index contributed by atoms with van der Waals surface area (Å²) in [5.74, 6) is 1.97. The molecule has 4 rings (SSSR count). The lowest BCUT2D eigenvalue weighted by Gasteiger charge is -2.33. The van der Waals surface area contributed by atoms with Gasteiger partial charge in [-0.3, -0.25) is 0 Å². The lowest BCUT2D eigenvalue weighted by Crippen LogP contribution is -2.41. The maximum absolute atomic E-state index is 12.3. The molecule has 7 nitrogen and oxygen atoms in total. The summed E-state index contributed by atoms with van der Waals surface area (Å²) in [7, 11) is -3.01. The molecule has 10 heteroatoms. The van der Waals surface area contributed by atoms with Crippen LogP contribution in [-0.2, 0) is 14.8 Å². The lowest BCUT2D eigenvalue weighted by molar-refractivity contribution is 0.0790. The molecule has 3 fully saturated rings. The van der Waals surface area contributed by atoms with Crippen molar-refractivity contribution in [3.05, 3.63) is 17.4 Å². The van der Waals surface area contributed by atoms with Gasteiger partial charge in [-0.2, -0.15) is 0 Å². The quantitative estimate of drug-likeness (QED) is 0.326. The zero-order chi connectivity index (χ0) is 21.8. The van der Waals surface area contributed by atoms with Gasteiger partial charge in [0.25, 0.3) is 0 Å². The first-order valence-electron chi connectivity index (χ1n) is 11.3. The highest BCUT2D eigenvalue weighted by atomic mass is 127. The van der Waals surface area contributed by atoms with E-state index in [1.54, 1.807) is 16.7 Å². The van der Waals surface area contributed by atoms with Gasteiger partial charge in [-0.05, 0) is 56.8 Å². The molecule has 3 heterocycles. The molecule has 3 aliphatic rings. The molecule has 31 heavy (non-hydrogen) atoms. The number of aromatic nitrogens is 2. The molecule has 0 radical (unpaired) electrons. The molecule has 2 aliphatic heterocycles. The van der Waals surface area contributed by atoms with E-state index < -0.39 is 10.0 Å². The topological polar surface area (TPSA) is 75.6 Å². The van der Waals surface area contributed by atoms with Crippen molar-refractivity contribution < 1.29 is 13.2 Å². The summed E-state index contributed by atoms with van der Waals surface area (Å²) in [4.78, 5) is 10.9. The van der Waals surface area contributed by atoms with Crippen molar-refractivity contribution in [2.75, 3.05) is 44.3 Å². The van der Waals surface area contributed by atoms with E-state index in [1.807, 2.05) is 0 Å². The Morgan fingerprint density at radius 3 is 2.26 bits per heavy atom. The molecule has 0 amide bonds. The van der Waals surface area contributed by atoms with Crippen LogP contribution in [0.3, 0.4) is 0 Å². The number of hydrogen-bond donors (Lipinski definition) is 0. The minimum Gasteiger partial charge on any atom is -0.380 e. The molecule has 1 atom stereocenters. The van der Waals surface area contributed by atoms with Gasteiger partial charge in [-0.15, -0.1) is 0 Å². The van der Waals surface area contributed by atoms with Crippen molar-refractivity contribution in [2.24, 2.45) is 11.8 Å². The first kappa shape index (κ1) is 23.9. The van der Waals surface area contributed by atoms with Crippen LogP contribution >= 0.6 is 34.2 Å². The number of alkyl halides is 1. The molecule has 2 saturated heterocycles. The average molecular weight is 583 g/mol. The smallest absolute Gasteiger partial charge is 0.225 e. The van der Waals surface area contributed by atoms with Crippen molar-refractivity contribution in [3.8, 4) is 0 Å². The summed E-state index contributed by atoms with van der Waals surface area (Å²) in [6, 6.07) is 0. The van der Waals surface area contributed by atoms with Gasteiger partial charge >= 0.3 is 0 Å². The highest BCUT2D eigenvalue weighted by molar-refractivity contribution is 14.1. The summed E-state index contributed by atoms with van der Waals surface area (Å²) in [5, 5.41) is 0.478. The molecule has 0 bridgehead atoms. The molecular weight excluding hydrogens is 551 g/mol. The molecule has 1 aromatic rings. The summed E-state index contributed by atoms with van der Waals surface area (Å²) >= 11 is 8.40. The Morgan fingerprint density at radius 1 is 1.03 bits per heavy atom. The third kappa shape index (κ3) is 6.65. The molecule has 0 spiro atoms. The van der Waals surface area contributed by atoms with E-state index in [-0.39, 0.29) is 5.25 Å². The maximum Gasteiger partial charge on any atom is 0.225 e. The zero-order valence-electron chi connectivity index (χ0n) is 17.8. The molecule has 174 valence electrons. The number of sulfonamides is 1. The van der Waals surface area contributed by atoms with Crippen LogP contribution in [0.2, 0.25) is 5.02 Å². The summed E-state index contributed by atoms with van der Waals surface area (Å²) < 4.78 is 32.9. The fraction of sp³-hybridized carbons (Fsp3) is 0.810. The molecule has 1 aliphatic carbocycles. The molecular formula is C21H32ClIN4O3S. The standard InChI is InChI=1S/C21H32ClIN4O3S/c22-18-12-24-21(25-13-18)26-7-3-16(4-8-26)11-19(23)15-30-14-17-5-9-27(10-6-17)31(28,29)20-1-2-20/h12-13,16-17,19-20H,1-11,14-15H2/t19-/m1/s1. The highest BCUT2D eigenvalue weighted by Gasteiger charge is 2.41. The fourth-order valence-corrected chi connectivity index (χ4v) is 7.48. The Labute approximate surface area is 204 Å². The maximum atomic E-state index is 12.3. The van der Waals surface area contributed by atoms with Gasteiger partial charge in [-0.1, -0.05) is 34.2 Å². The van der Waals surface area contributed by atoms with Crippen LogP contribution in [0.15, 0.2) is 12.4 Å². The van der Waals surface area contributed by atoms with Crippen LogP contribution in [0.4, 0.5) is 5.95 Å². The predicted molar refractivity (Wildman–Crippen MR) is 131 cm³/mol. The second kappa shape index (κ2) is 10.8. The van der Waals surface area contributed by atoms with Crippen molar-refractivity contribution in [2.45, 2.75) is 54.1 Å². The molecule has 0 aromatic carbocycles. The Morgan fingerprint density at radius 2 is 1.65 bits per heavy atom. The van der Waals surface area contributed by atoms with E-state index in [0.29, 0.717) is 33.9 Å². The predicted octanol–water partition coefficient (Wildman–Crippen LogP) is 3.76. The van der Waals surface area contributed by atoms with Gasteiger partial charge in [0.2, 0.25) is 16.0 Å². The zero-order valence-corrected chi connectivity index (χ0v) is 21.6. The van der Waals surface area contributed by atoms with E-state index in [0.717, 1.165) is 70.8 Å². The van der Waals surface area contributed by atoms with Gasteiger partial charge in [0.15, 0.2) is 0 Å². The first-order valence-corrected chi connectivity index (χ1v) is 14.5. The van der Waals surface area contributed by atoms with Crippen molar-refractivity contribution >= 4 is 50.2 Å². The average Bonchev–Trinajstić information content (AvgIpc) is 3.62. The van der Waals surface area contributed by atoms with Crippen molar-refractivity contribution in [1.82, 2.24) is 14.3 Å². The Balaban J connectivity index is 1.09. The van der Waals surface area contributed by atoms with E-state index in [2.05, 4.69) is 37.5 Å². The largest absolute Gasteiger partial charge is 0.380 e. The number of anilines is 1. The molecule has 1 aromatic heterocycles. The number of nitrogens with zero attached hydrogens (tertiary/aromatic N) is 4. The van der Waals surface area contributed by atoms with Crippen LogP contribution < -0.4 is 4.90 Å². The van der Waals surface area contributed by atoms with Crippen molar-refractivity contribution in [3.63, 3.8) is 0 Å². The summed E-state index contributed by atoms with van der Waals surface area (Å²) in [6.45, 7) is 4.83. The SMILES string of the molecule is O=S(=O)(C1CC1)N1CCC(COC[C@H](I)CC2CCN(c3ncc(Cl)cn3)CC2)CC1. The number of ether oxygens (including phenoxy) is 1. The molecule has 1 saturated carbocycles. The Kier molecular flexibility index (Phi) is 8.33. The van der Waals surface area contributed by atoms with Crippen LogP contribution in [0.1, 0.15) is 44.9 Å². The highest BCUT2D eigenvalue weighted by Crippen LogP contribution is 2.33. The summed E-state index contributed by atoms with van der Waals surface area (Å²) in [5.41, 5.74) is 0. The second-order valence-electron chi connectivity index (χ2n) is 9.09. The number of rotatable bonds is 9. The van der Waals surface area contributed by atoms with Gasteiger partial charge < -0.3 is 9.64 Å². The molecule has 0 unspecified atom stereocenters. The van der Waals surface area contributed by atoms with E-state index in [4.69, 9.17) is 16.3 Å². The van der Waals surface area contributed by atoms with Crippen LogP contribution in [0.5, 0.6) is 0 Å². The minimum absolute atomic E-state index is 0.0920. The third-order valence-electron chi connectivity index (χ3n) is 6.62. The lowest BCUT2D eigenvalue weighted by atomic mass is 9.92. The first-order chi connectivity index (χ1) is 14.9. The van der Waals surface area contributed by atoms with Gasteiger partial charge in [-0.25, -0.2) is 22.7 Å². The van der Waals surface area contributed by atoms with Crippen LogP contribution in [0.25, 0.3) is 0 Å². The third-order valence-corrected chi connectivity index (χ3v) is 10.1. The Bertz CT molecular complexity index is 808.